The van der Waals surface area contributed by atoms with Crippen molar-refractivity contribution in [3.05, 3.63) is 212 Å². The van der Waals surface area contributed by atoms with E-state index in [0.29, 0.717) is 17.6 Å². The van der Waals surface area contributed by atoms with Crippen molar-refractivity contribution in [2.75, 3.05) is 0 Å². The van der Waals surface area contributed by atoms with E-state index in [1.165, 1.54) is 27.1 Å². The van der Waals surface area contributed by atoms with E-state index < -0.39 is 0 Å². The first-order chi connectivity index (χ1) is 32.2. The molecule has 0 unspecified atom stereocenters. The molecule has 65 heavy (non-hydrogen) atoms. The predicted molar refractivity (Wildman–Crippen MR) is 267 cm³/mol. The van der Waals surface area contributed by atoms with Gasteiger partial charge in [-0.1, -0.05) is 152 Å². The van der Waals surface area contributed by atoms with Crippen molar-refractivity contribution in [3.63, 3.8) is 0 Å². The Morgan fingerprint density at radius 2 is 0.938 bits per heavy atom. The standard InChI is InChI=1S/C59H35N5O/c1-2-15-36(16-3-1)37-19-14-20-41(31-37)57-60-58(62-59(61-57)64-51-26-11-6-21-43(51)44-22-7-12-27-52(44)64)49-33-40-29-30-42(35-47(40)55-46-24-9-13-28-54(46)65-56(49)55)63-50-25-10-8-23-45(50)48-32-38-17-4-5-18-39(38)34-53(48)63/h1-35H. The maximum absolute atomic E-state index is 6.94. The van der Waals surface area contributed by atoms with Gasteiger partial charge < -0.3 is 8.98 Å². The highest BCUT2D eigenvalue weighted by atomic mass is 16.3. The van der Waals surface area contributed by atoms with Gasteiger partial charge in [0.2, 0.25) is 5.95 Å². The second-order valence-corrected chi connectivity index (χ2v) is 16.8. The molecule has 0 aliphatic carbocycles. The van der Waals surface area contributed by atoms with Crippen LogP contribution >= 0.6 is 0 Å². The predicted octanol–water partition coefficient (Wildman–Crippen LogP) is 15.3. The van der Waals surface area contributed by atoms with Crippen LogP contribution in [-0.2, 0) is 0 Å². The fourth-order valence-electron chi connectivity index (χ4n) is 10.2. The number of fused-ring (bicyclic) bond motifs is 12. The summed E-state index contributed by atoms with van der Waals surface area (Å²) in [6, 6.07) is 75.0. The Balaban J connectivity index is 1.04. The summed E-state index contributed by atoms with van der Waals surface area (Å²) in [6.45, 7) is 0. The molecule has 0 saturated heterocycles. The van der Waals surface area contributed by atoms with Crippen molar-refractivity contribution in [1.82, 2.24) is 24.1 Å². The molecule has 0 N–H and O–H groups in total. The molecule has 6 nitrogen and oxygen atoms in total. The smallest absolute Gasteiger partial charge is 0.238 e. The minimum Gasteiger partial charge on any atom is -0.455 e. The average Bonchev–Trinajstić information content (AvgIpc) is 4.04. The molecule has 4 heterocycles. The summed E-state index contributed by atoms with van der Waals surface area (Å²) < 4.78 is 11.5. The third kappa shape index (κ3) is 5.44. The van der Waals surface area contributed by atoms with Gasteiger partial charge in [0, 0.05) is 43.6 Å². The van der Waals surface area contributed by atoms with E-state index in [2.05, 4.69) is 203 Å². The Labute approximate surface area is 371 Å². The third-order valence-corrected chi connectivity index (χ3v) is 13.1. The average molecular weight is 830 g/mol. The lowest BCUT2D eigenvalue weighted by Crippen LogP contribution is -2.06. The number of hydrogen-bond donors (Lipinski definition) is 0. The van der Waals surface area contributed by atoms with E-state index in [0.717, 1.165) is 88.0 Å². The van der Waals surface area contributed by atoms with Gasteiger partial charge in [0.15, 0.2) is 11.6 Å². The molecule has 0 amide bonds. The van der Waals surface area contributed by atoms with Crippen LogP contribution < -0.4 is 0 Å². The Hall–Kier alpha value is -8.87. The monoisotopic (exact) mass is 829 g/mol. The summed E-state index contributed by atoms with van der Waals surface area (Å²) >= 11 is 0. The maximum Gasteiger partial charge on any atom is 0.238 e. The van der Waals surface area contributed by atoms with E-state index >= 15 is 0 Å². The quantitative estimate of drug-likeness (QED) is 0.173. The summed E-state index contributed by atoms with van der Waals surface area (Å²) in [7, 11) is 0. The van der Waals surface area contributed by atoms with E-state index in [1.54, 1.807) is 0 Å². The zero-order chi connectivity index (χ0) is 42.6. The highest BCUT2D eigenvalue weighted by Gasteiger charge is 2.23. The molecule has 14 aromatic rings. The SMILES string of the molecule is c1ccc(-c2cccc(-c3nc(-c4cc5ccc(-n6c7ccccc7c7cc8ccccc8cc76)cc5c5c4oc4ccccc45)nc(-n4c5ccccc5c5ccccc54)n3)c2)cc1. The van der Waals surface area contributed by atoms with Gasteiger partial charge >= 0.3 is 0 Å². The largest absolute Gasteiger partial charge is 0.455 e. The zero-order valence-corrected chi connectivity index (χ0v) is 34.9. The summed E-state index contributed by atoms with van der Waals surface area (Å²) in [5.41, 5.74) is 10.9. The molecule has 0 saturated carbocycles. The van der Waals surface area contributed by atoms with Crippen LogP contribution in [-0.4, -0.2) is 24.1 Å². The van der Waals surface area contributed by atoms with E-state index in [9.17, 15) is 0 Å². The topological polar surface area (TPSA) is 61.7 Å². The van der Waals surface area contributed by atoms with E-state index in [-0.39, 0.29) is 0 Å². The second-order valence-electron chi connectivity index (χ2n) is 16.8. The van der Waals surface area contributed by atoms with Gasteiger partial charge in [-0.25, -0.2) is 4.98 Å². The molecule has 0 spiro atoms. The zero-order valence-electron chi connectivity index (χ0n) is 34.9. The second kappa shape index (κ2) is 13.8. The van der Waals surface area contributed by atoms with Gasteiger partial charge in [0.05, 0.1) is 27.6 Å². The van der Waals surface area contributed by atoms with Gasteiger partial charge in [0.25, 0.3) is 0 Å². The maximum atomic E-state index is 6.94. The van der Waals surface area contributed by atoms with Gasteiger partial charge in [-0.3, -0.25) is 4.57 Å². The lowest BCUT2D eigenvalue weighted by atomic mass is 9.99. The molecule has 0 aliphatic heterocycles. The highest BCUT2D eigenvalue weighted by Crippen LogP contribution is 2.43. The van der Waals surface area contributed by atoms with Crippen molar-refractivity contribution in [2.24, 2.45) is 0 Å². The lowest BCUT2D eigenvalue weighted by molar-refractivity contribution is 0.669. The fraction of sp³-hybridized carbons (Fsp3) is 0. The van der Waals surface area contributed by atoms with E-state index in [1.807, 2.05) is 18.2 Å². The molecule has 302 valence electrons. The fourth-order valence-corrected chi connectivity index (χ4v) is 10.2. The molecule has 6 heteroatoms. The first kappa shape index (κ1) is 35.7. The molecular formula is C59H35N5O. The third-order valence-electron chi connectivity index (χ3n) is 13.1. The first-order valence-electron chi connectivity index (χ1n) is 21.9. The number of nitrogens with zero attached hydrogens (tertiary/aromatic N) is 5. The normalized spacial score (nSPS) is 12.0. The van der Waals surface area contributed by atoms with Crippen LogP contribution in [0.4, 0.5) is 0 Å². The first-order valence-corrected chi connectivity index (χ1v) is 21.9. The minimum atomic E-state index is 0.529. The number of aromatic nitrogens is 5. The van der Waals surface area contributed by atoms with Crippen molar-refractivity contribution in [1.29, 1.82) is 0 Å². The molecule has 0 radical (unpaired) electrons. The Bertz CT molecular complexity index is 4200. The van der Waals surface area contributed by atoms with Gasteiger partial charge in [0.1, 0.15) is 11.2 Å². The van der Waals surface area contributed by atoms with Gasteiger partial charge in [-0.2, -0.15) is 9.97 Å². The number of benzene rings is 10. The molecule has 14 rings (SSSR count). The minimum absolute atomic E-state index is 0.529. The lowest BCUT2D eigenvalue weighted by Gasteiger charge is -2.13. The summed E-state index contributed by atoms with van der Waals surface area (Å²) in [6.07, 6.45) is 0. The van der Waals surface area contributed by atoms with Crippen molar-refractivity contribution >= 4 is 87.1 Å². The summed E-state index contributed by atoms with van der Waals surface area (Å²) in [4.78, 5) is 16.1. The van der Waals surface area contributed by atoms with Crippen LogP contribution in [0.15, 0.2) is 217 Å². The summed E-state index contributed by atoms with van der Waals surface area (Å²) in [5.74, 6) is 1.63. The number of furan rings is 1. The van der Waals surface area contributed by atoms with Crippen LogP contribution in [0.1, 0.15) is 0 Å². The van der Waals surface area contributed by atoms with Crippen LogP contribution in [0, 0.1) is 0 Å². The number of rotatable bonds is 5. The molecule has 0 bridgehead atoms. The number of hydrogen-bond acceptors (Lipinski definition) is 4. The van der Waals surface area contributed by atoms with Crippen molar-refractivity contribution in [2.45, 2.75) is 0 Å². The Morgan fingerprint density at radius 1 is 0.338 bits per heavy atom. The molecule has 10 aromatic carbocycles. The van der Waals surface area contributed by atoms with Gasteiger partial charge in [-0.15, -0.1) is 0 Å². The van der Waals surface area contributed by atoms with Crippen LogP contribution in [0.5, 0.6) is 0 Å². The van der Waals surface area contributed by atoms with Crippen LogP contribution in [0.2, 0.25) is 0 Å². The molecule has 0 aliphatic rings. The van der Waals surface area contributed by atoms with Crippen molar-refractivity contribution in [3.8, 4) is 45.5 Å². The molecule has 4 aromatic heterocycles. The number of para-hydroxylation sites is 4. The highest BCUT2D eigenvalue weighted by molar-refractivity contribution is 6.23. The van der Waals surface area contributed by atoms with Crippen LogP contribution in [0.25, 0.3) is 133 Å². The molecular weight excluding hydrogens is 795 g/mol. The summed E-state index contributed by atoms with van der Waals surface area (Å²) in [5, 5.41) is 11.4. The Kier molecular flexibility index (Phi) is 7.59. The van der Waals surface area contributed by atoms with E-state index in [4.69, 9.17) is 19.4 Å². The van der Waals surface area contributed by atoms with Gasteiger partial charge in [-0.05, 0) is 93.3 Å². The van der Waals surface area contributed by atoms with Crippen LogP contribution in [0.3, 0.4) is 0 Å². The Morgan fingerprint density at radius 3 is 1.71 bits per heavy atom. The molecule has 0 fully saturated rings. The molecule has 0 atom stereocenters. The van der Waals surface area contributed by atoms with Crippen molar-refractivity contribution < 1.29 is 4.42 Å².